The van der Waals surface area contributed by atoms with Crippen molar-refractivity contribution in [1.29, 1.82) is 0 Å². The lowest BCUT2D eigenvalue weighted by atomic mass is 9.72. The summed E-state index contributed by atoms with van der Waals surface area (Å²) in [5.41, 5.74) is 2.80. The zero-order valence-electron chi connectivity index (χ0n) is 15.2. The number of rotatable bonds is 5. The number of hydrogen-bond donors (Lipinski definition) is 0. The summed E-state index contributed by atoms with van der Waals surface area (Å²) >= 11 is 0. The minimum absolute atomic E-state index is 0.103. The van der Waals surface area contributed by atoms with E-state index in [4.69, 9.17) is 0 Å². The standard InChI is InChI=1S/C20H23N5O/c1-4-24-14(2)12-25(20(24)26)17-10-6-9-16(11-17)18(15-7-5-8-15)19-22-21-13-23(19)3/h4,6,9-13,15,18H,1,5,7-8H2,2-3H3. The molecular weight excluding hydrogens is 326 g/mol. The summed E-state index contributed by atoms with van der Waals surface area (Å²) < 4.78 is 5.23. The molecule has 1 saturated carbocycles. The van der Waals surface area contributed by atoms with Gasteiger partial charge < -0.3 is 4.57 Å². The molecule has 6 heteroatoms. The van der Waals surface area contributed by atoms with Crippen LogP contribution in [0.15, 0.2) is 48.2 Å². The molecule has 26 heavy (non-hydrogen) atoms. The van der Waals surface area contributed by atoms with Gasteiger partial charge in [0.25, 0.3) is 0 Å². The summed E-state index contributed by atoms with van der Waals surface area (Å²) in [7, 11) is 1.99. The van der Waals surface area contributed by atoms with Gasteiger partial charge in [-0.15, -0.1) is 10.2 Å². The zero-order chi connectivity index (χ0) is 18.3. The molecule has 0 bridgehead atoms. The lowest BCUT2D eigenvalue weighted by Crippen LogP contribution is -2.24. The van der Waals surface area contributed by atoms with Crippen molar-refractivity contribution in [3.8, 4) is 5.69 Å². The Balaban J connectivity index is 1.80. The van der Waals surface area contributed by atoms with Gasteiger partial charge in [0.2, 0.25) is 0 Å². The van der Waals surface area contributed by atoms with Crippen LogP contribution in [0.3, 0.4) is 0 Å². The second kappa shape index (κ2) is 6.44. The molecule has 0 N–H and O–H groups in total. The largest absolute Gasteiger partial charge is 0.337 e. The fourth-order valence-corrected chi connectivity index (χ4v) is 3.83. The summed E-state index contributed by atoms with van der Waals surface area (Å²) in [6.45, 7) is 5.63. The highest BCUT2D eigenvalue weighted by molar-refractivity contribution is 5.41. The average Bonchev–Trinajstić information content (AvgIpc) is 3.13. The smallest absolute Gasteiger partial charge is 0.320 e. The van der Waals surface area contributed by atoms with E-state index >= 15 is 0 Å². The van der Waals surface area contributed by atoms with Crippen molar-refractivity contribution in [2.24, 2.45) is 13.0 Å². The molecule has 2 aromatic heterocycles. The predicted molar refractivity (Wildman–Crippen MR) is 101 cm³/mol. The molecule has 134 valence electrons. The maximum atomic E-state index is 12.6. The first-order valence-corrected chi connectivity index (χ1v) is 8.97. The molecule has 1 aromatic carbocycles. The van der Waals surface area contributed by atoms with E-state index in [1.54, 1.807) is 21.7 Å². The van der Waals surface area contributed by atoms with E-state index in [-0.39, 0.29) is 11.6 Å². The Morgan fingerprint density at radius 1 is 1.35 bits per heavy atom. The fraction of sp³-hybridized carbons (Fsp3) is 0.350. The van der Waals surface area contributed by atoms with E-state index in [2.05, 4.69) is 28.9 Å². The molecule has 0 aliphatic heterocycles. The molecular formula is C20H23N5O. The number of nitrogens with zero attached hydrogens (tertiary/aromatic N) is 5. The number of imidazole rings is 1. The van der Waals surface area contributed by atoms with E-state index in [9.17, 15) is 4.79 Å². The predicted octanol–water partition coefficient (Wildman–Crippen LogP) is 3.11. The molecule has 4 rings (SSSR count). The highest BCUT2D eigenvalue weighted by Gasteiger charge is 2.32. The lowest BCUT2D eigenvalue weighted by molar-refractivity contribution is 0.274. The Morgan fingerprint density at radius 3 is 2.73 bits per heavy atom. The average molecular weight is 349 g/mol. The quantitative estimate of drug-likeness (QED) is 0.711. The molecule has 1 atom stereocenters. The third-order valence-corrected chi connectivity index (χ3v) is 5.44. The molecule has 0 radical (unpaired) electrons. The van der Waals surface area contributed by atoms with Crippen molar-refractivity contribution in [2.45, 2.75) is 32.1 Å². The molecule has 0 saturated heterocycles. The van der Waals surface area contributed by atoms with Gasteiger partial charge in [0.1, 0.15) is 12.2 Å². The van der Waals surface area contributed by atoms with Gasteiger partial charge in [-0.05, 0) is 43.4 Å². The maximum absolute atomic E-state index is 12.6. The van der Waals surface area contributed by atoms with Gasteiger partial charge in [-0.3, -0.25) is 9.13 Å². The van der Waals surface area contributed by atoms with E-state index in [1.807, 2.05) is 36.9 Å². The first-order chi connectivity index (χ1) is 12.6. The molecule has 0 spiro atoms. The maximum Gasteiger partial charge on any atom is 0.337 e. The molecule has 1 aliphatic rings. The Labute approximate surface area is 152 Å². The van der Waals surface area contributed by atoms with Crippen molar-refractivity contribution in [1.82, 2.24) is 23.9 Å². The van der Waals surface area contributed by atoms with Crippen LogP contribution in [0.5, 0.6) is 0 Å². The minimum Gasteiger partial charge on any atom is -0.320 e. The Bertz CT molecular complexity index is 1010. The second-order valence-corrected chi connectivity index (χ2v) is 7.04. The van der Waals surface area contributed by atoms with Crippen LogP contribution in [0.2, 0.25) is 0 Å². The van der Waals surface area contributed by atoms with Crippen molar-refractivity contribution in [2.75, 3.05) is 0 Å². The number of hydrogen-bond acceptors (Lipinski definition) is 3. The van der Waals surface area contributed by atoms with E-state index in [0.29, 0.717) is 5.92 Å². The van der Waals surface area contributed by atoms with Crippen LogP contribution < -0.4 is 5.69 Å². The summed E-state index contributed by atoms with van der Waals surface area (Å²) in [6, 6.07) is 8.21. The first kappa shape index (κ1) is 16.6. The lowest BCUT2D eigenvalue weighted by Gasteiger charge is -2.33. The van der Waals surface area contributed by atoms with Crippen LogP contribution in [0.25, 0.3) is 11.9 Å². The third-order valence-electron chi connectivity index (χ3n) is 5.44. The van der Waals surface area contributed by atoms with Crippen LogP contribution in [-0.4, -0.2) is 23.9 Å². The van der Waals surface area contributed by atoms with Gasteiger partial charge in [0, 0.05) is 31.1 Å². The molecule has 2 heterocycles. The normalized spacial score (nSPS) is 15.6. The first-order valence-electron chi connectivity index (χ1n) is 8.97. The molecule has 1 unspecified atom stereocenters. The Kier molecular flexibility index (Phi) is 4.11. The van der Waals surface area contributed by atoms with Gasteiger partial charge in [0.15, 0.2) is 0 Å². The van der Waals surface area contributed by atoms with Gasteiger partial charge in [-0.2, -0.15) is 0 Å². The van der Waals surface area contributed by atoms with Crippen LogP contribution in [0, 0.1) is 12.8 Å². The molecule has 3 aromatic rings. The molecule has 1 aliphatic carbocycles. The third kappa shape index (κ3) is 2.62. The van der Waals surface area contributed by atoms with E-state index < -0.39 is 0 Å². The molecule has 6 nitrogen and oxygen atoms in total. The van der Waals surface area contributed by atoms with Crippen molar-refractivity contribution in [3.05, 3.63) is 70.9 Å². The molecule has 0 amide bonds. The Morgan fingerprint density at radius 2 is 2.15 bits per heavy atom. The second-order valence-electron chi connectivity index (χ2n) is 7.04. The van der Waals surface area contributed by atoms with Crippen molar-refractivity contribution in [3.63, 3.8) is 0 Å². The van der Waals surface area contributed by atoms with Gasteiger partial charge in [0.05, 0.1) is 5.69 Å². The number of aryl methyl sites for hydroxylation is 2. The Hall–Kier alpha value is -2.89. The van der Waals surface area contributed by atoms with E-state index in [1.165, 1.54) is 24.8 Å². The number of aromatic nitrogens is 5. The van der Waals surface area contributed by atoms with Gasteiger partial charge in [-0.25, -0.2) is 4.79 Å². The van der Waals surface area contributed by atoms with Gasteiger partial charge in [-0.1, -0.05) is 25.1 Å². The summed E-state index contributed by atoms with van der Waals surface area (Å²) in [4.78, 5) is 12.6. The molecule has 1 fully saturated rings. The van der Waals surface area contributed by atoms with E-state index in [0.717, 1.165) is 17.2 Å². The van der Waals surface area contributed by atoms with Crippen LogP contribution in [-0.2, 0) is 7.05 Å². The van der Waals surface area contributed by atoms with Gasteiger partial charge >= 0.3 is 5.69 Å². The monoisotopic (exact) mass is 349 g/mol. The summed E-state index contributed by atoms with van der Waals surface area (Å²) in [5, 5.41) is 8.45. The highest BCUT2D eigenvalue weighted by atomic mass is 16.1. The van der Waals surface area contributed by atoms with Crippen molar-refractivity contribution >= 4 is 6.20 Å². The SMILES string of the molecule is C=Cn1c(C)cn(-c2cccc(C(c3nncn3C)C3CCC3)c2)c1=O. The highest BCUT2D eigenvalue weighted by Crippen LogP contribution is 2.42. The topological polar surface area (TPSA) is 57.6 Å². The van der Waals surface area contributed by atoms with Crippen LogP contribution in [0.4, 0.5) is 0 Å². The fourth-order valence-electron chi connectivity index (χ4n) is 3.83. The summed E-state index contributed by atoms with van der Waals surface area (Å²) in [6.07, 6.45) is 8.82. The summed E-state index contributed by atoms with van der Waals surface area (Å²) in [5.74, 6) is 1.76. The van der Waals surface area contributed by atoms with Crippen molar-refractivity contribution < 1.29 is 0 Å². The van der Waals surface area contributed by atoms with Crippen LogP contribution in [0.1, 0.15) is 42.3 Å². The van der Waals surface area contributed by atoms with Crippen LogP contribution >= 0.6 is 0 Å². The number of benzene rings is 1. The minimum atomic E-state index is -0.103. The zero-order valence-corrected chi connectivity index (χ0v) is 15.2.